The molecule has 0 aromatic heterocycles. The maximum Gasteiger partial charge on any atom is 0.311 e. The van der Waals surface area contributed by atoms with Gasteiger partial charge in [0.25, 0.3) is 5.91 Å². The van der Waals surface area contributed by atoms with Crippen molar-refractivity contribution >= 4 is 23.5 Å². The summed E-state index contributed by atoms with van der Waals surface area (Å²) in [6.07, 6.45) is 0.135. The molecule has 1 atom stereocenters. The Morgan fingerprint density at radius 2 is 2.10 bits per heavy atom. The molecular formula is C15H18N2O4. The van der Waals surface area contributed by atoms with Crippen LogP contribution >= 0.6 is 0 Å². The zero-order chi connectivity index (χ0) is 15.6. The van der Waals surface area contributed by atoms with Gasteiger partial charge in [-0.2, -0.15) is 0 Å². The molecule has 1 aromatic rings. The van der Waals surface area contributed by atoms with E-state index in [0.717, 1.165) is 5.56 Å². The van der Waals surface area contributed by atoms with Gasteiger partial charge in [0.05, 0.1) is 13.0 Å². The predicted octanol–water partition coefficient (Wildman–Crippen LogP) is 0.881. The molecule has 1 N–H and O–H groups in total. The average Bonchev–Trinajstić information content (AvgIpc) is 2.87. The molecule has 1 aliphatic rings. The van der Waals surface area contributed by atoms with Gasteiger partial charge < -0.3 is 15.0 Å². The van der Waals surface area contributed by atoms with Crippen LogP contribution in [-0.4, -0.2) is 38.5 Å². The topological polar surface area (TPSA) is 75.7 Å². The Bertz CT molecular complexity index is 597. The molecule has 1 fully saturated rings. The van der Waals surface area contributed by atoms with Gasteiger partial charge in [0.1, 0.15) is 0 Å². The summed E-state index contributed by atoms with van der Waals surface area (Å²) >= 11 is 0. The Hall–Kier alpha value is -2.37. The lowest BCUT2D eigenvalue weighted by Crippen LogP contribution is -2.28. The Morgan fingerprint density at radius 3 is 2.71 bits per heavy atom. The molecule has 1 aromatic carbocycles. The summed E-state index contributed by atoms with van der Waals surface area (Å²) in [6, 6.07) is 5.21. The maximum atomic E-state index is 12.1. The number of anilines is 1. The Balaban J connectivity index is 2.33. The number of carbonyl (C=O) groups is 3. The van der Waals surface area contributed by atoms with Gasteiger partial charge in [-0.1, -0.05) is 6.07 Å². The van der Waals surface area contributed by atoms with E-state index in [1.54, 1.807) is 37.1 Å². The Kier molecular flexibility index (Phi) is 4.26. The van der Waals surface area contributed by atoms with E-state index in [4.69, 9.17) is 4.74 Å². The number of benzene rings is 1. The highest BCUT2D eigenvalue weighted by atomic mass is 16.5. The smallest absolute Gasteiger partial charge is 0.311 e. The summed E-state index contributed by atoms with van der Waals surface area (Å²) in [5.41, 5.74) is 1.90. The molecule has 0 saturated carbocycles. The molecule has 0 bridgehead atoms. The van der Waals surface area contributed by atoms with Crippen molar-refractivity contribution in [3.05, 3.63) is 29.3 Å². The number of ether oxygens (including phenoxy) is 1. The second kappa shape index (κ2) is 5.95. The number of rotatable bonds is 3. The highest BCUT2D eigenvalue weighted by molar-refractivity contribution is 6.02. The molecular weight excluding hydrogens is 272 g/mol. The van der Waals surface area contributed by atoms with Crippen molar-refractivity contribution in [1.29, 1.82) is 0 Å². The second-order valence-corrected chi connectivity index (χ2v) is 4.96. The lowest BCUT2D eigenvalue weighted by atomic mass is 10.1. The van der Waals surface area contributed by atoms with E-state index in [1.165, 1.54) is 7.11 Å². The number of hydrogen-bond acceptors (Lipinski definition) is 4. The highest BCUT2D eigenvalue weighted by Crippen LogP contribution is 2.30. The van der Waals surface area contributed by atoms with E-state index in [2.05, 4.69) is 5.32 Å². The van der Waals surface area contributed by atoms with E-state index in [1.807, 2.05) is 0 Å². The van der Waals surface area contributed by atoms with Crippen LogP contribution < -0.4 is 10.2 Å². The van der Waals surface area contributed by atoms with Crippen LogP contribution in [0.3, 0.4) is 0 Å². The van der Waals surface area contributed by atoms with Crippen molar-refractivity contribution in [3.8, 4) is 0 Å². The van der Waals surface area contributed by atoms with Gasteiger partial charge in [-0.25, -0.2) is 0 Å². The predicted molar refractivity (Wildman–Crippen MR) is 77.0 cm³/mol. The SMILES string of the molecule is CNC(=O)c1cccc(N2CC(C(=O)OC)CC2=O)c1C. The molecule has 1 aliphatic heterocycles. The molecule has 6 heteroatoms. The molecule has 0 radical (unpaired) electrons. The molecule has 6 nitrogen and oxygen atoms in total. The fourth-order valence-electron chi connectivity index (χ4n) is 2.56. The van der Waals surface area contributed by atoms with E-state index in [-0.39, 0.29) is 30.7 Å². The van der Waals surface area contributed by atoms with Crippen LogP contribution in [0.1, 0.15) is 22.3 Å². The minimum Gasteiger partial charge on any atom is -0.469 e. The van der Waals surface area contributed by atoms with Gasteiger partial charge in [0, 0.05) is 31.3 Å². The van der Waals surface area contributed by atoms with Gasteiger partial charge in [-0.3, -0.25) is 14.4 Å². The van der Waals surface area contributed by atoms with Crippen LogP contribution in [0.15, 0.2) is 18.2 Å². The standard InChI is InChI=1S/C15H18N2O4/c1-9-11(14(19)16-2)5-4-6-12(9)17-8-10(7-13(17)18)15(20)21-3/h4-6,10H,7-8H2,1-3H3,(H,16,19). The van der Waals surface area contributed by atoms with E-state index in [9.17, 15) is 14.4 Å². The summed E-state index contributed by atoms with van der Waals surface area (Å²) in [7, 11) is 2.87. The normalized spacial score (nSPS) is 17.8. The van der Waals surface area contributed by atoms with Gasteiger partial charge in [0.15, 0.2) is 0 Å². The van der Waals surface area contributed by atoms with Crippen LogP contribution in [0.25, 0.3) is 0 Å². The largest absolute Gasteiger partial charge is 0.469 e. The number of esters is 1. The van der Waals surface area contributed by atoms with Crippen LogP contribution in [0.2, 0.25) is 0 Å². The third kappa shape index (κ3) is 2.74. The fourth-order valence-corrected chi connectivity index (χ4v) is 2.56. The van der Waals surface area contributed by atoms with Crippen LogP contribution in [0.4, 0.5) is 5.69 Å². The fraction of sp³-hybridized carbons (Fsp3) is 0.400. The molecule has 1 heterocycles. The van der Waals surface area contributed by atoms with Crippen molar-refractivity contribution in [2.75, 3.05) is 25.6 Å². The zero-order valence-corrected chi connectivity index (χ0v) is 12.3. The van der Waals surface area contributed by atoms with Crippen LogP contribution in [0, 0.1) is 12.8 Å². The highest BCUT2D eigenvalue weighted by Gasteiger charge is 2.36. The van der Waals surface area contributed by atoms with Crippen molar-refractivity contribution in [2.24, 2.45) is 5.92 Å². The third-order valence-electron chi connectivity index (χ3n) is 3.73. The van der Waals surface area contributed by atoms with Crippen molar-refractivity contribution < 1.29 is 19.1 Å². The monoisotopic (exact) mass is 290 g/mol. The molecule has 1 saturated heterocycles. The zero-order valence-electron chi connectivity index (χ0n) is 12.3. The number of hydrogen-bond donors (Lipinski definition) is 1. The number of nitrogens with one attached hydrogen (secondary N) is 1. The minimum atomic E-state index is -0.453. The summed E-state index contributed by atoms with van der Waals surface area (Å²) in [6.45, 7) is 2.07. The van der Waals surface area contributed by atoms with E-state index < -0.39 is 5.92 Å². The first-order valence-electron chi connectivity index (χ1n) is 6.69. The lowest BCUT2D eigenvalue weighted by Gasteiger charge is -2.20. The summed E-state index contributed by atoms with van der Waals surface area (Å²) < 4.78 is 4.69. The molecule has 112 valence electrons. The Labute approximate surface area is 123 Å². The third-order valence-corrected chi connectivity index (χ3v) is 3.73. The maximum absolute atomic E-state index is 12.1. The minimum absolute atomic E-state index is 0.135. The Morgan fingerprint density at radius 1 is 1.38 bits per heavy atom. The second-order valence-electron chi connectivity index (χ2n) is 4.96. The van der Waals surface area contributed by atoms with Gasteiger partial charge in [0.2, 0.25) is 5.91 Å². The summed E-state index contributed by atoms with van der Waals surface area (Å²) in [5, 5.41) is 2.57. The number of amides is 2. The molecule has 1 unspecified atom stereocenters. The van der Waals surface area contributed by atoms with Crippen molar-refractivity contribution in [2.45, 2.75) is 13.3 Å². The number of carbonyl (C=O) groups excluding carboxylic acids is 3. The van der Waals surface area contributed by atoms with Crippen LogP contribution in [-0.2, 0) is 14.3 Å². The molecule has 2 rings (SSSR count). The molecule has 21 heavy (non-hydrogen) atoms. The first-order chi connectivity index (χ1) is 9.99. The molecule has 0 aliphatic carbocycles. The molecule has 2 amide bonds. The average molecular weight is 290 g/mol. The molecule has 0 spiro atoms. The first-order valence-corrected chi connectivity index (χ1v) is 6.69. The van der Waals surface area contributed by atoms with Gasteiger partial charge >= 0.3 is 5.97 Å². The summed E-state index contributed by atoms with van der Waals surface area (Å²) in [4.78, 5) is 37.1. The van der Waals surface area contributed by atoms with Crippen molar-refractivity contribution in [1.82, 2.24) is 5.32 Å². The van der Waals surface area contributed by atoms with E-state index >= 15 is 0 Å². The van der Waals surface area contributed by atoms with E-state index in [0.29, 0.717) is 11.3 Å². The van der Waals surface area contributed by atoms with Crippen molar-refractivity contribution in [3.63, 3.8) is 0 Å². The van der Waals surface area contributed by atoms with Gasteiger partial charge in [-0.05, 0) is 24.6 Å². The summed E-state index contributed by atoms with van der Waals surface area (Å²) in [5.74, 6) is -1.18. The lowest BCUT2D eigenvalue weighted by molar-refractivity contribution is -0.145. The number of methoxy groups -OCH3 is 1. The van der Waals surface area contributed by atoms with Crippen LogP contribution in [0.5, 0.6) is 0 Å². The number of nitrogens with zero attached hydrogens (tertiary/aromatic N) is 1. The quantitative estimate of drug-likeness (QED) is 0.839. The first kappa shape index (κ1) is 15.0. The van der Waals surface area contributed by atoms with Gasteiger partial charge in [-0.15, -0.1) is 0 Å².